The first-order valence-electron chi connectivity index (χ1n) is 6.81. The van der Waals surface area contributed by atoms with E-state index in [1.165, 1.54) is 5.56 Å². The van der Waals surface area contributed by atoms with Gasteiger partial charge in [-0.2, -0.15) is 0 Å². The van der Waals surface area contributed by atoms with Crippen LogP contribution in [-0.4, -0.2) is 42.4 Å². The molecular formula is C15H21NO2. The van der Waals surface area contributed by atoms with Gasteiger partial charge in [-0.25, -0.2) is 0 Å². The first-order valence-corrected chi connectivity index (χ1v) is 6.81. The van der Waals surface area contributed by atoms with Crippen molar-refractivity contribution in [3.05, 3.63) is 35.9 Å². The predicted molar refractivity (Wildman–Crippen MR) is 70.2 cm³/mol. The van der Waals surface area contributed by atoms with E-state index in [2.05, 4.69) is 35.2 Å². The van der Waals surface area contributed by atoms with Gasteiger partial charge >= 0.3 is 0 Å². The van der Waals surface area contributed by atoms with Gasteiger partial charge in [0.2, 0.25) is 0 Å². The van der Waals surface area contributed by atoms with Crippen molar-refractivity contribution in [3.63, 3.8) is 0 Å². The Morgan fingerprint density at radius 2 is 2.06 bits per heavy atom. The molecule has 0 bridgehead atoms. The fourth-order valence-electron chi connectivity index (χ4n) is 2.80. The number of hydrogen-bond acceptors (Lipinski definition) is 3. The number of aliphatic hydroxyl groups is 1. The van der Waals surface area contributed by atoms with Crippen LogP contribution in [0, 0.1) is 5.41 Å². The average Bonchev–Trinajstić information content (AvgIpc) is 3.21. The van der Waals surface area contributed by atoms with Gasteiger partial charge in [0, 0.05) is 25.0 Å². The molecule has 3 rings (SSSR count). The molecule has 1 aromatic carbocycles. The Morgan fingerprint density at radius 3 is 2.72 bits per heavy atom. The third kappa shape index (κ3) is 2.44. The molecule has 1 unspecified atom stereocenters. The fraction of sp³-hybridized carbons (Fsp3) is 0.600. The van der Waals surface area contributed by atoms with Crippen molar-refractivity contribution in [2.24, 2.45) is 5.41 Å². The van der Waals surface area contributed by atoms with E-state index in [0.717, 1.165) is 39.1 Å². The van der Waals surface area contributed by atoms with E-state index in [1.807, 2.05) is 0 Å². The van der Waals surface area contributed by atoms with Crippen LogP contribution in [0.5, 0.6) is 0 Å². The van der Waals surface area contributed by atoms with E-state index < -0.39 is 0 Å². The van der Waals surface area contributed by atoms with Gasteiger partial charge < -0.3 is 9.84 Å². The minimum absolute atomic E-state index is 0.0787. The molecule has 0 spiro atoms. The van der Waals surface area contributed by atoms with Crippen molar-refractivity contribution >= 4 is 0 Å². The zero-order valence-electron chi connectivity index (χ0n) is 10.7. The Balaban J connectivity index is 1.61. The topological polar surface area (TPSA) is 32.7 Å². The summed E-state index contributed by atoms with van der Waals surface area (Å²) in [5.74, 6) is 0. The second-order valence-electron chi connectivity index (χ2n) is 5.60. The molecule has 0 amide bonds. The Hall–Kier alpha value is -0.900. The van der Waals surface area contributed by atoms with Gasteiger partial charge in [0.05, 0.1) is 19.3 Å². The molecule has 3 nitrogen and oxygen atoms in total. The van der Waals surface area contributed by atoms with Gasteiger partial charge in [0.1, 0.15) is 0 Å². The number of ether oxygens (including phenoxy) is 1. The number of benzene rings is 1. The summed E-state index contributed by atoms with van der Waals surface area (Å²) >= 11 is 0. The van der Waals surface area contributed by atoms with E-state index in [0.29, 0.717) is 0 Å². The van der Waals surface area contributed by atoms with Crippen LogP contribution in [0.3, 0.4) is 0 Å². The molecule has 18 heavy (non-hydrogen) atoms. The van der Waals surface area contributed by atoms with E-state index in [4.69, 9.17) is 4.74 Å². The van der Waals surface area contributed by atoms with Crippen LogP contribution < -0.4 is 0 Å². The molecule has 2 fully saturated rings. The van der Waals surface area contributed by atoms with Crippen LogP contribution in [0.25, 0.3) is 0 Å². The highest BCUT2D eigenvalue weighted by Gasteiger charge is 2.50. The van der Waals surface area contributed by atoms with Crippen molar-refractivity contribution in [3.8, 4) is 0 Å². The Bertz CT molecular complexity index is 389. The summed E-state index contributed by atoms with van der Waals surface area (Å²) in [4.78, 5) is 2.44. The molecule has 1 atom stereocenters. The third-order valence-corrected chi connectivity index (χ3v) is 4.29. The van der Waals surface area contributed by atoms with Crippen molar-refractivity contribution < 1.29 is 9.84 Å². The zero-order chi connectivity index (χ0) is 12.4. The van der Waals surface area contributed by atoms with Gasteiger partial charge in [-0.15, -0.1) is 0 Å². The van der Waals surface area contributed by atoms with E-state index >= 15 is 0 Å². The molecule has 0 radical (unpaired) electrons. The fourth-order valence-corrected chi connectivity index (χ4v) is 2.80. The maximum atomic E-state index is 9.49. The maximum Gasteiger partial charge on any atom is 0.0780 e. The molecule has 1 saturated heterocycles. The van der Waals surface area contributed by atoms with Crippen LogP contribution in [0.2, 0.25) is 0 Å². The molecule has 1 aliphatic heterocycles. The smallest absolute Gasteiger partial charge is 0.0780 e. The second-order valence-corrected chi connectivity index (χ2v) is 5.60. The Kier molecular flexibility index (Phi) is 3.37. The Labute approximate surface area is 108 Å². The average molecular weight is 247 g/mol. The number of aliphatic hydroxyl groups excluding tert-OH is 1. The molecular weight excluding hydrogens is 226 g/mol. The summed E-state index contributed by atoms with van der Waals surface area (Å²) in [5.41, 5.74) is 1.43. The molecule has 98 valence electrons. The largest absolute Gasteiger partial charge is 0.396 e. The summed E-state index contributed by atoms with van der Waals surface area (Å²) in [7, 11) is 0. The SMILES string of the molecule is OCC1(C2CN(Cc3ccccc3)CCO2)CC1. The van der Waals surface area contributed by atoms with Crippen molar-refractivity contribution in [1.29, 1.82) is 0 Å². The summed E-state index contributed by atoms with van der Waals surface area (Å²) in [5, 5.41) is 9.49. The lowest BCUT2D eigenvalue weighted by molar-refractivity contribution is -0.0793. The lowest BCUT2D eigenvalue weighted by Gasteiger charge is -2.36. The summed E-state index contributed by atoms with van der Waals surface area (Å²) in [6.07, 6.45) is 2.46. The summed E-state index contributed by atoms with van der Waals surface area (Å²) < 4.78 is 5.86. The third-order valence-electron chi connectivity index (χ3n) is 4.29. The molecule has 1 saturated carbocycles. The first kappa shape index (κ1) is 12.2. The Morgan fingerprint density at radius 1 is 1.28 bits per heavy atom. The van der Waals surface area contributed by atoms with Gasteiger partial charge in [0.15, 0.2) is 0 Å². The monoisotopic (exact) mass is 247 g/mol. The summed E-state index contributed by atoms with van der Waals surface area (Å²) in [6, 6.07) is 10.6. The van der Waals surface area contributed by atoms with Crippen molar-refractivity contribution in [2.75, 3.05) is 26.3 Å². The van der Waals surface area contributed by atoms with E-state index in [1.54, 1.807) is 0 Å². The number of morpholine rings is 1. The lowest BCUT2D eigenvalue weighted by Crippen LogP contribution is -2.47. The molecule has 2 aliphatic rings. The van der Waals surface area contributed by atoms with Crippen LogP contribution in [0.1, 0.15) is 18.4 Å². The first-order chi connectivity index (χ1) is 8.82. The number of rotatable bonds is 4. The highest BCUT2D eigenvalue weighted by atomic mass is 16.5. The molecule has 1 N–H and O–H groups in total. The minimum atomic E-state index is 0.0787. The van der Waals surface area contributed by atoms with Gasteiger partial charge in [0.25, 0.3) is 0 Å². The van der Waals surface area contributed by atoms with Gasteiger partial charge in [-0.1, -0.05) is 30.3 Å². The van der Waals surface area contributed by atoms with Crippen LogP contribution in [0.4, 0.5) is 0 Å². The molecule has 0 aromatic heterocycles. The van der Waals surface area contributed by atoms with Crippen LogP contribution in [0.15, 0.2) is 30.3 Å². The second kappa shape index (κ2) is 5.00. The highest BCUT2D eigenvalue weighted by molar-refractivity contribution is 5.14. The number of nitrogens with zero attached hydrogens (tertiary/aromatic N) is 1. The molecule has 1 aromatic rings. The number of hydrogen-bond donors (Lipinski definition) is 1. The highest BCUT2D eigenvalue weighted by Crippen LogP contribution is 2.50. The van der Waals surface area contributed by atoms with Crippen LogP contribution in [-0.2, 0) is 11.3 Å². The van der Waals surface area contributed by atoms with Crippen molar-refractivity contribution in [2.45, 2.75) is 25.5 Å². The maximum absolute atomic E-state index is 9.49. The van der Waals surface area contributed by atoms with Crippen molar-refractivity contribution in [1.82, 2.24) is 4.90 Å². The van der Waals surface area contributed by atoms with Crippen LogP contribution >= 0.6 is 0 Å². The lowest BCUT2D eigenvalue weighted by atomic mass is 9.98. The van der Waals surface area contributed by atoms with E-state index in [9.17, 15) is 5.11 Å². The molecule has 1 heterocycles. The quantitative estimate of drug-likeness (QED) is 0.878. The minimum Gasteiger partial charge on any atom is -0.396 e. The predicted octanol–water partition coefficient (Wildman–Crippen LogP) is 1.66. The standard InChI is InChI=1S/C15H21NO2/c17-12-15(6-7-15)14-11-16(8-9-18-14)10-13-4-2-1-3-5-13/h1-5,14,17H,6-12H2. The van der Waals surface area contributed by atoms with E-state index in [-0.39, 0.29) is 18.1 Å². The molecule has 3 heteroatoms. The van der Waals surface area contributed by atoms with Gasteiger partial charge in [-0.05, 0) is 18.4 Å². The normalized spacial score (nSPS) is 27.1. The summed E-state index contributed by atoms with van der Waals surface area (Å²) in [6.45, 7) is 4.00. The zero-order valence-corrected chi connectivity index (χ0v) is 10.7. The van der Waals surface area contributed by atoms with Gasteiger partial charge in [-0.3, -0.25) is 4.90 Å². The molecule has 1 aliphatic carbocycles.